The van der Waals surface area contributed by atoms with Crippen LogP contribution < -0.4 is 4.74 Å². The van der Waals surface area contributed by atoms with Gasteiger partial charge < -0.3 is 19.6 Å². The van der Waals surface area contributed by atoms with E-state index >= 15 is 0 Å². The number of carbonyl (C=O) groups is 1. The molecule has 28 heavy (non-hydrogen) atoms. The van der Waals surface area contributed by atoms with Crippen molar-refractivity contribution in [1.29, 1.82) is 0 Å². The van der Waals surface area contributed by atoms with Gasteiger partial charge in [-0.25, -0.2) is 14.8 Å². The van der Waals surface area contributed by atoms with Crippen LogP contribution in [0.2, 0.25) is 0 Å². The fourth-order valence-electron chi connectivity index (χ4n) is 4.30. The number of benzene rings is 1. The average Bonchev–Trinajstić information content (AvgIpc) is 3.24. The number of fused-ring (bicyclic) bond motifs is 1. The number of ether oxygens (including phenoxy) is 1. The summed E-state index contributed by atoms with van der Waals surface area (Å²) in [4.78, 5) is 24.0. The summed E-state index contributed by atoms with van der Waals surface area (Å²) in [5, 5.41) is 10.2. The molecular formula is C21H28N4O3. The quantitative estimate of drug-likeness (QED) is 0.770. The second-order valence-electron chi connectivity index (χ2n) is 7.73. The molecule has 7 nitrogen and oxygen atoms in total. The van der Waals surface area contributed by atoms with Crippen molar-refractivity contribution in [2.45, 2.75) is 38.0 Å². The van der Waals surface area contributed by atoms with Crippen LogP contribution in [0.5, 0.6) is 5.75 Å². The number of rotatable bonds is 6. The lowest BCUT2D eigenvalue weighted by molar-refractivity contribution is 0.132. The molecule has 2 aromatic rings. The number of piperidine rings is 1. The summed E-state index contributed by atoms with van der Waals surface area (Å²) in [7, 11) is 0. The van der Waals surface area contributed by atoms with E-state index in [4.69, 9.17) is 9.84 Å². The molecule has 0 saturated carbocycles. The standard InChI is InChI=1S/C21H28N4O3/c26-21(27)25-11-6-16(7-12-25)20-18-5-4-17(14-19(18)22-15-23-20)28-13-3-10-24-8-1-2-9-24/h4-5,14-16H,1-3,6-13H2,(H,26,27). The maximum atomic E-state index is 11.1. The van der Waals surface area contributed by atoms with E-state index in [-0.39, 0.29) is 5.92 Å². The van der Waals surface area contributed by atoms with Crippen LogP contribution in [0.15, 0.2) is 24.5 Å². The molecule has 1 aromatic heterocycles. The second kappa shape index (κ2) is 8.73. The van der Waals surface area contributed by atoms with Crippen LogP contribution in [-0.4, -0.2) is 70.3 Å². The Morgan fingerprint density at radius 2 is 1.93 bits per heavy atom. The van der Waals surface area contributed by atoms with Gasteiger partial charge in [-0.15, -0.1) is 0 Å². The Morgan fingerprint density at radius 3 is 2.68 bits per heavy atom. The summed E-state index contributed by atoms with van der Waals surface area (Å²) in [6.07, 6.45) is 6.05. The lowest BCUT2D eigenvalue weighted by Gasteiger charge is -2.30. The predicted octanol–water partition coefficient (Wildman–Crippen LogP) is 3.35. The molecule has 2 fully saturated rings. The highest BCUT2D eigenvalue weighted by molar-refractivity contribution is 5.82. The minimum Gasteiger partial charge on any atom is -0.493 e. The van der Waals surface area contributed by atoms with E-state index in [2.05, 4.69) is 14.9 Å². The van der Waals surface area contributed by atoms with E-state index in [1.54, 1.807) is 6.33 Å². The van der Waals surface area contributed by atoms with Gasteiger partial charge >= 0.3 is 6.09 Å². The first-order valence-electron chi connectivity index (χ1n) is 10.3. The van der Waals surface area contributed by atoms with Gasteiger partial charge in [0.05, 0.1) is 17.8 Å². The van der Waals surface area contributed by atoms with Crippen molar-refractivity contribution in [3.05, 3.63) is 30.2 Å². The lowest BCUT2D eigenvalue weighted by Crippen LogP contribution is -2.37. The zero-order valence-electron chi connectivity index (χ0n) is 16.2. The van der Waals surface area contributed by atoms with Gasteiger partial charge in [0.1, 0.15) is 12.1 Å². The van der Waals surface area contributed by atoms with Crippen LogP contribution in [0.3, 0.4) is 0 Å². The zero-order valence-corrected chi connectivity index (χ0v) is 16.2. The van der Waals surface area contributed by atoms with Crippen molar-refractivity contribution >= 4 is 17.0 Å². The fraction of sp³-hybridized carbons (Fsp3) is 0.571. The van der Waals surface area contributed by atoms with Gasteiger partial charge in [0, 0.05) is 37.0 Å². The zero-order chi connectivity index (χ0) is 19.3. The van der Waals surface area contributed by atoms with Gasteiger partial charge in [0.25, 0.3) is 0 Å². The maximum absolute atomic E-state index is 11.1. The Morgan fingerprint density at radius 1 is 1.14 bits per heavy atom. The Hall–Kier alpha value is -2.41. The summed E-state index contributed by atoms with van der Waals surface area (Å²) < 4.78 is 5.94. The van der Waals surface area contributed by atoms with Gasteiger partial charge in [-0.1, -0.05) is 0 Å². The molecule has 0 unspecified atom stereocenters. The van der Waals surface area contributed by atoms with E-state index in [1.165, 1.54) is 30.8 Å². The number of hydrogen-bond acceptors (Lipinski definition) is 5. The molecule has 0 aliphatic carbocycles. The molecule has 2 saturated heterocycles. The normalized spacial score (nSPS) is 18.6. The third kappa shape index (κ3) is 4.35. The molecule has 1 N–H and O–H groups in total. The van der Waals surface area contributed by atoms with Gasteiger partial charge in [0.15, 0.2) is 0 Å². The van der Waals surface area contributed by atoms with Crippen molar-refractivity contribution in [2.24, 2.45) is 0 Å². The molecule has 0 bridgehead atoms. The molecule has 4 rings (SSSR count). The summed E-state index contributed by atoms with van der Waals surface area (Å²) >= 11 is 0. The molecule has 150 valence electrons. The summed E-state index contributed by atoms with van der Waals surface area (Å²) in [5.74, 6) is 1.12. The third-order valence-corrected chi connectivity index (χ3v) is 5.88. The van der Waals surface area contributed by atoms with E-state index in [9.17, 15) is 4.79 Å². The maximum Gasteiger partial charge on any atom is 0.407 e. The first-order chi connectivity index (χ1) is 13.7. The average molecular weight is 384 g/mol. The number of amides is 1. The van der Waals surface area contributed by atoms with E-state index < -0.39 is 6.09 Å². The van der Waals surface area contributed by atoms with Crippen LogP contribution in [0.4, 0.5) is 4.79 Å². The molecule has 7 heteroatoms. The first-order valence-corrected chi connectivity index (χ1v) is 10.3. The van der Waals surface area contributed by atoms with Crippen molar-refractivity contribution in [1.82, 2.24) is 19.8 Å². The van der Waals surface area contributed by atoms with Crippen LogP contribution >= 0.6 is 0 Å². The molecular weight excluding hydrogens is 356 g/mol. The summed E-state index contributed by atoms with van der Waals surface area (Å²) in [6.45, 7) is 5.39. The van der Waals surface area contributed by atoms with E-state index in [0.717, 1.165) is 48.2 Å². The fourth-order valence-corrected chi connectivity index (χ4v) is 4.30. The molecule has 0 atom stereocenters. The van der Waals surface area contributed by atoms with Crippen molar-refractivity contribution < 1.29 is 14.6 Å². The Balaban J connectivity index is 1.38. The molecule has 0 radical (unpaired) electrons. The van der Waals surface area contributed by atoms with Gasteiger partial charge in [-0.2, -0.15) is 0 Å². The predicted molar refractivity (Wildman–Crippen MR) is 107 cm³/mol. The Labute approximate surface area is 165 Å². The largest absolute Gasteiger partial charge is 0.493 e. The number of likely N-dealkylation sites (tertiary alicyclic amines) is 2. The third-order valence-electron chi connectivity index (χ3n) is 5.88. The first kappa shape index (κ1) is 18.9. The van der Waals surface area contributed by atoms with Crippen LogP contribution in [-0.2, 0) is 0 Å². The van der Waals surface area contributed by atoms with Crippen LogP contribution in [0.1, 0.15) is 43.7 Å². The topological polar surface area (TPSA) is 78.8 Å². The van der Waals surface area contributed by atoms with Crippen molar-refractivity contribution in [3.8, 4) is 5.75 Å². The van der Waals surface area contributed by atoms with Crippen molar-refractivity contribution in [2.75, 3.05) is 39.3 Å². The highest BCUT2D eigenvalue weighted by Crippen LogP contribution is 2.32. The van der Waals surface area contributed by atoms with Gasteiger partial charge in [-0.05, 0) is 57.3 Å². The van der Waals surface area contributed by atoms with Crippen molar-refractivity contribution in [3.63, 3.8) is 0 Å². The number of nitrogens with zero attached hydrogens (tertiary/aromatic N) is 4. The lowest BCUT2D eigenvalue weighted by atomic mass is 9.91. The monoisotopic (exact) mass is 384 g/mol. The summed E-state index contributed by atoms with van der Waals surface area (Å²) in [6, 6.07) is 6.03. The molecule has 0 spiro atoms. The van der Waals surface area contributed by atoms with Gasteiger partial charge in [-0.3, -0.25) is 0 Å². The minimum atomic E-state index is -0.836. The molecule has 1 amide bonds. The molecule has 2 aliphatic heterocycles. The van der Waals surface area contributed by atoms with Crippen LogP contribution in [0, 0.1) is 0 Å². The number of aromatic nitrogens is 2. The minimum absolute atomic E-state index is 0.272. The number of carboxylic acid groups (broad SMARTS) is 1. The Bertz CT molecular complexity index is 814. The Kier molecular flexibility index (Phi) is 5.90. The molecule has 1 aromatic carbocycles. The van der Waals surface area contributed by atoms with Crippen LogP contribution in [0.25, 0.3) is 10.9 Å². The highest BCUT2D eigenvalue weighted by atomic mass is 16.5. The molecule has 3 heterocycles. The SMILES string of the molecule is O=C(O)N1CCC(c2ncnc3cc(OCCCN4CCCC4)ccc23)CC1. The van der Waals surface area contributed by atoms with E-state index in [1.807, 2.05) is 18.2 Å². The number of hydrogen-bond donors (Lipinski definition) is 1. The highest BCUT2D eigenvalue weighted by Gasteiger charge is 2.25. The van der Waals surface area contributed by atoms with Gasteiger partial charge in [0.2, 0.25) is 0 Å². The second-order valence-corrected chi connectivity index (χ2v) is 7.73. The molecule has 2 aliphatic rings. The van der Waals surface area contributed by atoms with E-state index in [0.29, 0.717) is 19.7 Å². The summed E-state index contributed by atoms with van der Waals surface area (Å²) in [5.41, 5.74) is 1.92. The smallest absolute Gasteiger partial charge is 0.407 e.